The zero-order chi connectivity index (χ0) is 11.3. The lowest BCUT2D eigenvalue weighted by atomic mass is 10.0. The Morgan fingerprint density at radius 2 is 2.13 bits per heavy atom. The SMILES string of the molecule is CC1CCCC(NC(=O)CC(N)=S)CC1. The predicted octanol–water partition coefficient (Wildman–Crippen LogP) is 1.75. The number of thiocarbonyl (C=S) groups is 1. The fourth-order valence-electron chi connectivity index (χ4n) is 2.07. The van der Waals surface area contributed by atoms with E-state index in [2.05, 4.69) is 12.2 Å². The minimum absolute atomic E-state index is 0.0259. The van der Waals surface area contributed by atoms with Crippen molar-refractivity contribution in [2.75, 3.05) is 0 Å². The van der Waals surface area contributed by atoms with Crippen molar-refractivity contribution in [2.24, 2.45) is 11.7 Å². The van der Waals surface area contributed by atoms with Crippen molar-refractivity contribution < 1.29 is 4.79 Å². The van der Waals surface area contributed by atoms with E-state index in [0.717, 1.165) is 18.8 Å². The van der Waals surface area contributed by atoms with Gasteiger partial charge in [-0.15, -0.1) is 0 Å². The molecule has 1 fully saturated rings. The highest BCUT2D eigenvalue weighted by Gasteiger charge is 2.17. The molecule has 0 aromatic carbocycles. The van der Waals surface area contributed by atoms with Crippen molar-refractivity contribution in [1.29, 1.82) is 0 Å². The molecule has 0 aromatic rings. The largest absolute Gasteiger partial charge is 0.393 e. The molecule has 0 aliphatic heterocycles. The molecule has 0 spiro atoms. The normalized spacial score (nSPS) is 26.7. The molecule has 15 heavy (non-hydrogen) atoms. The molecule has 1 rings (SSSR count). The Labute approximate surface area is 96.8 Å². The third-order valence-electron chi connectivity index (χ3n) is 2.96. The zero-order valence-corrected chi connectivity index (χ0v) is 10.1. The summed E-state index contributed by atoms with van der Waals surface area (Å²) in [5.41, 5.74) is 5.32. The molecular formula is C11H20N2OS. The van der Waals surface area contributed by atoms with Gasteiger partial charge in [0.1, 0.15) is 0 Å². The van der Waals surface area contributed by atoms with E-state index in [1.807, 2.05) is 0 Å². The second-order valence-electron chi connectivity index (χ2n) is 4.52. The minimum atomic E-state index is -0.0259. The van der Waals surface area contributed by atoms with Crippen molar-refractivity contribution in [3.05, 3.63) is 0 Å². The summed E-state index contributed by atoms with van der Waals surface area (Å²) in [5.74, 6) is 0.768. The molecule has 1 saturated carbocycles. The van der Waals surface area contributed by atoms with Crippen LogP contribution in [0.5, 0.6) is 0 Å². The first kappa shape index (κ1) is 12.4. The molecule has 0 bridgehead atoms. The summed E-state index contributed by atoms with van der Waals surface area (Å²) in [6, 6.07) is 0.330. The van der Waals surface area contributed by atoms with Gasteiger partial charge in [-0.3, -0.25) is 4.79 Å². The number of nitrogens with two attached hydrogens (primary N) is 1. The van der Waals surface area contributed by atoms with Crippen LogP contribution in [0.3, 0.4) is 0 Å². The molecule has 3 nitrogen and oxygen atoms in total. The van der Waals surface area contributed by atoms with Crippen molar-refractivity contribution in [3.8, 4) is 0 Å². The van der Waals surface area contributed by atoms with Gasteiger partial charge < -0.3 is 11.1 Å². The molecule has 4 heteroatoms. The van der Waals surface area contributed by atoms with Gasteiger partial charge in [-0.05, 0) is 25.2 Å². The summed E-state index contributed by atoms with van der Waals surface area (Å²) in [5, 5.41) is 3.00. The summed E-state index contributed by atoms with van der Waals surface area (Å²) in [7, 11) is 0. The predicted molar refractivity (Wildman–Crippen MR) is 65.6 cm³/mol. The number of hydrogen-bond acceptors (Lipinski definition) is 2. The van der Waals surface area contributed by atoms with Crippen LogP contribution >= 0.6 is 12.2 Å². The molecule has 0 radical (unpaired) electrons. The maximum Gasteiger partial charge on any atom is 0.227 e. The highest BCUT2D eigenvalue weighted by molar-refractivity contribution is 7.80. The van der Waals surface area contributed by atoms with Gasteiger partial charge in [0.2, 0.25) is 5.91 Å². The quantitative estimate of drug-likeness (QED) is 0.571. The van der Waals surface area contributed by atoms with E-state index in [0.29, 0.717) is 6.04 Å². The number of carbonyl (C=O) groups excluding carboxylic acids is 1. The summed E-state index contributed by atoms with van der Waals surface area (Å²) in [6.07, 6.45) is 6.05. The van der Waals surface area contributed by atoms with Crippen molar-refractivity contribution in [3.63, 3.8) is 0 Å². The Morgan fingerprint density at radius 3 is 2.80 bits per heavy atom. The topological polar surface area (TPSA) is 55.1 Å². The minimum Gasteiger partial charge on any atom is -0.393 e. The lowest BCUT2D eigenvalue weighted by molar-refractivity contribution is -0.120. The van der Waals surface area contributed by atoms with Gasteiger partial charge in [-0.1, -0.05) is 32.0 Å². The maximum absolute atomic E-state index is 11.4. The Hall–Kier alpha value is -0.640. The van der Waals surface area contributed by atoms with Crippen molar-refractivity contribution >= 4 is 23.1 Å². The standard InChI is InChI=1S/C11H20N2OS/c1-8-3-2-4-9(6-5-8)13-11(14)7-10(12)15/h8-9H,2-7H2,1H3,(H2,12,15)(H,13,14). The molecule has 86 valence electrons. The van der Waals surface area contributed by atoms with E-state index in [1.165, 1.54) is 19.3 Å². The van der Waals surface area contributed by atoms with E-state index in [9.17, 15) is 4.79 Å². The van der Waals surface area contributed by atoms with Crippen molar-refractivity contribution in [1.82, 2.24) is 5.32 Å². The molecule has 2 unspecified atom stereocenters. The third kappa shape index (κ3) is 5.11. The van der Waals surface area contributed by atoms with Gasteiger partial charge in [0.15, 0.2) is 0 Å². The van der Waals surface area contributed by atoms with Crippen LogP contribution in [0.1, 0.15) is 45.4 Å². The molecule has 1 amide bonds. The van der Waals surface area contributed by atoms with Crippen LogP contribution in [0.25, 0.3) is 0 Å². The molecule has 0 saturated heterocycles. The smallest absolute Gasteiger partial charge is 0.227 e. The second-order valence-corrected chi connectivity index (χ2v) is 5.05. The first-order chi connectivity index (χ1) is 7.08. The third-order valence-corrected chi connectivity index (χ3v) is 3.10. The van der Waals surface area contributed by atoms with E-state index in [-0.39, 0.29) is 17.3 Å². The Balaban J connectivity index is 2.31. The van der Waals surface area contributed by atoms with Crippen LogP contribution in [0.4, 0.5) is 0 Å². The van der Waals surface area contributed by atoms with Gasteiger partial charge in [-0.25, -0.2) is 0 Å². The molecule has 0 aromatic heterocycles. The van der Waals surface area contributed by atoms with Gasteiger partial charge >= 0.3 is 0 Å². The highest BCUT2D eigenvalue weighted by Crippen LogP contribution is 2.22. The van der Waals surface area contributed by atoms with Crippen LogP contribution in [0, 0.1) is 5.92 Å². The number of amides is 1. The lowest BCUT2D eigenvalue weighted by Crippen LogP contribution is -2.36. The second kappa shape index (κ2) is 6.05. The fraction of sp³-hybridized carbons (Fsp3) is 0.818. The maximum atomic E-state index is 11.4. The molecule has 1 aliphatic carbocycles. The zero-order valence-electron chi connectivity index (χ0n) is 9.29. The summed E-state index contributed by atoms with van der Waals surface area (Å²) >= 11 is 4.70. The van der Waals surface area contributed by atoms with Crippen LogP contribution in [-0.2, 0) is 4.79 Å². The Kier molecular flexibility index (Phi) is 5.02. The fourth-order valence-corrected chi connectivity index (χ4v) is 2.20. The first-order valence-electron chi connectivity index (χ1n) is 5.65. The van der Waals surface area contributed by atoms with Gasteiger partial charge in [-0.2, -0.15) is 0 Å². The molecule has 1 aliphatic rings. The number of rotatable bonds is 3. The van der Waals surface area contributed by atoms with Crippen LogP contribution in [0.2, 0.25) is 0 Å². The highest BCUT2D eigenvalue weighted by atomic mass is 32.1. The van der Waals surface area contributed by atoms with Crippen LogP contribution in [0.15, 0.2) is 0 Å². The first-order valence-corrected chi connectivity index (χ1v) is 6.06. The monoisotopic (exact) mass is 228 g/mol. The lowest BCUT2D eigenvalue weighted by Gasteiger charge is -2.16. The molecule has 2 atom stereocenters. The summed E-state index contributed by atoms with van der Waals surface area (Å²) in [6.45, 7) is 2.28. The van der Waals surface area contributed by atoms with Crippen LogP contribution < -0.4 is 11.1 Å². The Morgan fingerprint density at radius 1 is 1.40 bits per heavy atom. The van der Waals surface area contributed by atoms with E-state index >= 15 is 0 Å². The van der Waals surface area contributed by atoms with Crippen molar-refractivity contribution in [2.45, 2.75) is 51.5 Å². The van der Waals surface area contributed by atoms with E-state index in [4.69, 9.17) is 18.0 Å². The Bertz CT molecular complexity index is 243. The summed E-state index contributed by atoms with van der Waals surface area (Å²) < 4.78 is 0. The molecular weight excluding hydrogens is 208 g/mol. The van der Waals surface area contributed by atoms with Gasteiger partial charge in [0, 0.05) is 6.04 Å². The van der Waals surface area contributed by atoms with Gasteiger partial charge in [0.25, 0.3) is 0 Å². The van der Waals surface area contributed by atoms with Gasteiger partial charge in [0.05, 0.1) is 11.4 Å². The average molecular weight is 228 g/mol. The number of hydrogen-bond donors (Lipinski definition) is 2. The molecule has 0 heterocycles. The van der Waals surface area contributed by atoms with E-state index < -0.39 is 0 Å². The number of nitrogens with one attached hydrogen (secondary N) is 1. The van der Waals surface area contributed by atoms with E-state index in [1.54, 1.807) is 0 Å². The van der Waals surface area contributed by atoms with Crippen LogP contribution in [-0.4, -0.2) is 16.9 Å². The summed E-state index contributed by atoms with van der Waals surface area (Å²) in [4.78, 5) is 11.7. The molecule has 3 N–H and O–H groups in total. The number of carbonyl (C=O) groups is 1. The average Bonchev–Trinajstić information content (AvgIpc) is 2.29.